The van der Waals surface area contributed by atoms with Crippen LogP contribution in [0, 0.1) is 34.9 Å². The highest BCUT2D eigenvalue weighted by atomic mass is 32.2. The second kappa shape index (κ2) is 9.35. The van der Waals surface area contributed by atoms with Crippen molar-refractivity contribution in [3.05, 3.63) is 47.0 Å². The molecule has 1 saturated heterocycles. The van der Waals surface area contributed by atoms with Gasteiger partial charge < -0.3 is 14.7 Å². The summed E-state index contributed by atoms with van der Waals surface area (Å²) < 4.78 is 141. The van der Waals surface area contributed by atoms with Crippen LogP contribution in [0.1, 0.15) is 0 Å². The number of benzene rings is 2. The molecule has 0 spiro atoms. The van der Waals surface area contributed by atoms with Gasteiger partial charge in [-0.25, -0.2) is 39.6 Å². The first-order chi connectivity index (χ1) is 18.0. The standard InChI is InChI=1S/C21H12F8N2O7S/c22-8-4-11-9(3-7(8)13-14(23)16(25)18(27)17(26)15(13)24)31(20(35)21(28,29)38-11)5-12(32)30-1-2-39(36,37)6-10(30)19(33)34/h3-4,10H,1-2,5-6H2,(H,33,34)/t10-/m0/s1. The monoisotopic (exact) mass is 588 g/mol. The molecule has 2 aromatic rings. The Morgan fingerprint density at radius 1 is 1.00 bits per heavy atom. The van der Waals surface area contributed by atoms with E-state index < -0.39 is 122 Å². The van der Waals surface area contributed by atoms with Crippen molar-refractivity contribution in [2.24, 2.45) is 0 Å². The van der Waals surface area contributed by atoms with Gasteiger partial charge in [0.25, 0.3) is 0 Å². The van der Waals surface area contributed by atoms with Crippen molar-refractivity contribution in [2.45, 2.75) is 12.2 Å². The summed E-state index contributed by atoms with van der Waals surface area (Å²) in [6.45, 7) is -2.14. The normalized spacial score (nSPS) is 19.9. The highest BCUT2D eigenvalue weighted by molar-refractivity contribution is 7.91. The first-order valence-corrected chi connectivity index (χ1v) is 12.3. The Morgan fingerprint density at radius 3 is 2.13 bits per heavy atom. The van der Waals surface area contributed by atoms with Crippen LogP contribution in [0.3, 0.4) is 0 Å². The van der Waals surface area contributed by atoms with E-state index in [0.29, 0.717) is 4.90 Å². The molecule has 0 bridgehead atoms. The van der Waals surface area contributed by atoms with Crippen LogP contribution in [0.15, 0.2) is 12.1 Å². The maximum atomic E-state index is 14.7. The van der Waals surface area contributed by atoms with Gasteiger partial charge in [0.1, 0.15) is 18.4 Å². The number of amides is 2. The summed E-state index contributed by atoms with van der Waals surface area (Å²) in [7, 11) is -3.91. The fourth-order valence-corrected chi connectivity index (χ4v) is 5.46. The molecule has 0 aliphatic carbocycles. The summed E-state index contributed by atoms with van der Waals surface area (Å²) in [5, 5.41) is 9.32. The van der Waals surface area contributed by atoms with Gasteiger partial charge in [-0.15, -0.1) is 0 Å². The van der Waals surface area contributed by atoms with E-state index in [1.165, 1.54) is 0 Å². The second-order valence-corrected chi connectivity index (χ2v) is 10.5. The lowest BCUT2D eigenvalue weighted by atomic mass is 10.0. The molecule has 2 amide bonds. The van der Waals surface area contributed by atoms with Crippen molar-refractivity contribution in [1.29, 1.82) is 0 Å². The van der Waals surface area contributed by atoms with Crippen LogP contribution < -0.4 is 9.64 Å². The molecule has 2 heterocycles. The van der Waals surface area contributed by atoms with Crippen molar-refractivity contribution in [2.75, 3.05) is 29.5 Å². The largest absolute Gasteiger partial charge is 0.482 e. The van der Waals surface area contributed by atoms with Crippen LogP contribution in [-0.2, 0) is 24.2 Å². The zero-order chi connectivity index (χ0) is 29.2. The molecule has 2 aromatic carbocycles. The number of aliphatic carboxylic acids is 1. The molecule has 2 aliphatic heterocycles. The van der Waals surface area contributed by atoms with Crippen molar-refractivity contribution in [3.63, 3.8) is 0 Å². The molecule has 210 valence electrons. The molecule has 0 saturated carbocycles. The number of fused-ring (bicyclic) bond motifs is 1. The minimum atomic E-state index is -4.75. The van der Waals surface area contributed by atoms with Gasteiger partial charge in [-0.1, -0.05) is 0 Å². The van der Waals surface area contributed by atoms with E-state index >= 15 is 0 Å². The van der Waals surface area contributed by atoms with E-state index in [2.05, 4.69) is 4.74 Å². The predicted octanol–water partition coefficient (Wildman–Crippen LogP) is 2.22. The van der Waals surface area contributed by atoms with E-state index in [1.54, 1.807) is 0 Å². The van der Waals surface area contributed by atoms with Crippen LogP contribution in [-0.4, -0.2) is 73.0 Å². The number of sulfone groups is 1. The number of nitrogens with zero attached hydrogens (tertiary/aromatic N) is 2. The number of hydrogen-bond donors (Lipinski definition) is 1. The van der Waals surface area contributed by atoms with E-state index in [-0.39, 0.29) is 17.0 Å². The highest BCUT2D eigenvalue weighted by Crippen LogP contribution is 2.44. The van der Waals surface area contributed by atoms with Gasteiger partial charge in [-0.05, 0) is 6.07 Å². The van der Waals surface area contributed by atoms with E-state index in [9.17, 15) is 63.0 Å². The van der Waals surface area contributed by atoms with Crippen molar-refractivity contribution in [1.82, 2.24) is 4.90 Å². The van der Waals surface area contributed by atoms with Gasteiger partial charge in [-0.2, -0.15) is 8.78 Å². The molecule has 1 N–H and O–H groups in total. The smallest absolute Gasteiger partial charge is 0.480 e. The summed E-state index contributed by atoms with van der Waals surface area (Å²) in [5.74, 6) is -22.7. The molecule has 0 radical (unpaired) electrons. The number of hydrogen-bond acceptors (Lipinski definition) is 6. The second-order valence-electron chi connectivity index (χ2n) is 8.31. The van der Waals surface area contributed by atoms with Gasteiger partial charge in [-0.3, -0.25) is 14.5 Å². The van der Waals surface area contributed by atoms with Gasteiger partial charge >= 0.3 is 18.0 Å². The van der Waals surface area contributed by atoms with E-state index in [1.807, 2.05) is 0 Å². The third kappa shape index (κ3) is 4.72. The number of ether oxygens (including phenoxy) is 1. The van der Waals surface area contributed by atoms with Crippen molar-refractivity contribution >= 4 is 33.3 Å². The minimum absolute atomic E-state index is 0.0497. The maximum Gasteiger partial charge on any atom is 0.482 e. The molecule has 2 aliphatic rings. The number of carbonyl (C=O) groups is 3. The molecular weight excluding hydrogens is 576 g/mol. The number of carboxylic acids is 1. The number of carbonyl (C=O) groups excluding carboxylic acids is 2. The van der Waals surface area contributed by atoms with Gasteiger partial charge in [0, 0.05) is 18.2 Å². The van der Waals surface area contributed by atoms with Crippen LogP contribution in [0.2, 0.25) is 0 Å². The van der Waals surface area contributed by atoms with E-state index in [4.69, 9.17) is 0 Å². The van der Waals surface area contributed by atoms with Gasteiger partial charge in [0.05, 0.1) is 22.8 Å². The van der Waals surface area contributed by atoms with Gasteiger partial charge in [0.2, 0.25) is 11.7 Å². The molecule has 0 unspecified atom stereocenters. The molecule has 18 heteroatoms. The predicted molar refractivity (Wildman–Crippen MR) is 111 cm³/mol. The van der Waals surface area contributed by atoms with Gasteiger partial charge in [0.15, 0.2) is 38.9 Å². The average molecular weight is 588 g/mol. The molecule has 0 aromatic heterocycles. The first-order valence-electron chi connectivity index (χ1n) is 10.4. The summed E-state index contributed by atoms with van der Waals surface area (Å²) in [4.78, 5) is 37.2. The summed E-state index contributed by atoms with van der Waals surface area (Å²) >= 11 is 0. The lowest BCUT2D eigenvalue weighted by Crippen LogP contribution is -2.59. The van der Waals surface area contributed by atoms with Crippen molar-refractivity contribution < 1.29 is 67.8 Å². The molecule has 1 fully saturated rings. The fraction of sp³-hybridized carbons (Fsp3) is 0.286. The Balaban J connectivity index is 1.82. The molecule has 4 rings (SSSR count). The Labute approximate surface area is 212 Å². The third-order valence-corrected chi connectivity index (χ3v) is 7.51. The number of carboxylic acid groups (broad SMARTS) is 1. The lowest BCUT2D eigenvalue weighted by molar-refractivity contribution is -0.193. The molecular formula is C21H12F8N2O7S. The number of halogens is 8. The SMILES string of the molecule is O=C(O)[C@@H]1CS(=O)(=O)CCN1C(=O)CN1C(=O)C(F)(F)Oc2cc(F)c(-c3c(F)c(F)c(F)c(F)c3F)cc21. The van der Waals surface area contributed by atoms with E-state index in [0.717, 1.165) is 0 Å². The maximum absolute atomic E-state index is 14.7. The Kier molecular flexibility index (Phi) is 6.73. The van der Waals surface area contributed by atoms with Crippen molar-refractivity contribution in [3.8, 4) is 16.9 Å². The zero-order valence-electron chi connectivity index (χ0n) is 18.8. The lowest BCUT2D eigenvalue weighted by Gasteiger charge is -2.37. The topological polar surface area (TPSA) is 121 Å². The minimum Gasteiger partial charge on any atom is -0.480 e. The molecule has 39 heavy (non-hydrogen) atoms. The van der Waals surface area contributed by atoms with Crippen LogP contribution in [0.5, 0.6) is 5.75 Å². The average Bonchev–Trinajstić information content (AvgIpc) is 2.84. The quantitative estimate of drug-likeness (QED) is 0.331. The number of anilines is 1. The first kappa shape index (κ1) is 28.1. The summed E-state index contributed by atoms with van der Waals surface area (Å²) in [6, 6.07) is -1.70. The Bertz CT molecular complexity index is 1520. The third-order valence-electron chi connectivity index (χ3n) is 5.88. The summed E-state index contributed by atoms with van der Waals surface area (Å²) in [5.41, 5.74) is -4.20. The highest BCUT2D eigenvalue weighted by Gasteiger charge is 2.52. The van der Waals surface area contributed by atoms with Crippen LogP contribution in [0.4, 0.5) is 40.8 Å². The molecule has 9 nitrogen and oxygen atoms in total. The summed E-state index contributed by atoms with van der Waals surface area (Å²) in [6.07, 6.45) is -4.75. The fourth-order valence-electron chi connectivity index (χ4n) is 4.01. The van der Waals surface area contributed by atoms with Crippen LogP contribution >= 0.6 is 0 Å². The number of rotatable bonds is 4. The Morgan fingerprint density at radius 2 is 1.56 bits per heavy atom. The zero-order valence-corrected chi connectivity index (χ0v) is 19.6. The van der Waals surface area contributed by atoms with Crippen LogP contribution in [0.25, 0.3) is 11.1 Å². The number of alkyl halides is 2. The Hall–Kier alpha value is -3.96. The molecule has 1 atom stereocenters.